The van der Waals surface area contributed by atoms with Crippen molar-refractivity contribution >= 4 is 0 Å². The molecule has 1 aliphatic heterocycles. The molecular weight excluding hydrogens is 324 g/mol. The zero-order valence-electron chi connectivity index (χ0n) is 15.1. The Labute approximate surface area is 154 Å². The molecule has 134 valence electrons. The van der Waals surface area contributed by atoms with Crippen molar-refractivity contribution in [2.75, 3.05) is 26.2 Å². The van der Waals surface area contributed by atoms with Crippen LogP contribution in [0.25, 0.3) is 11.5 Å². The number of piperazine rings is 1. The highest BCUT2D eigenvalue weighted by Gasteiger charge is 2.19. The maximum Gasteiger partial charge on any atom is 0.247 e. The Morgan fingerprint density at radius 1 is 0.846 bits per heavy atom. The third-order valence-corrected chi connectivity index (χ3v) is 4.80. The van der Waals surface area contributed by atoms with Crippen molar-refractivity contribution in [3.63, 3.8) is 0 Å². The molecule has 5 heteroatoms. The quantitative estimate of drug-likeness (QED) is 0.707. The first kappa shape index (κ1) is 16.9. The molecule has 0 unspecified atom stereocenters. The highest BCUT2D eigenvalue weighted by atomic mass is 16.4. The zero-order chi connectivity index (χ0) is 17.8. The van der Waals surface area contributed by atoms with E-state index in [4.69, 9.17) is 4.42 Å². The minimum atomic E-state index is 0.596. The molecule has 0 saturated carbocycles. The molecule has 0 aliphatic carbocycles. The molecule has 2 heterocycles. The summed E-state index contributed by atoms with van der Waals surface area (Å²) in [5, 5.41) is 8.39. The highest BCUT2D eigenvalue weighted by Crippen LogP contribution is 2.18. The molecule has 0 spiro atoms. The van der Waals surface area contributed by atoms with Crippen molar-refractivity contribution in [2.45, 2.75) is 20.0 Å². The van der Waals surface area contributed by atoms with E-state index in [0.29, 0.717) is 11.8 Å². The van der Waals surface area contributed by atoms with Crippen LogP contribution in [0, 0.1) is 6.92 Å². The van der Waals surface area contributed by atoms with Crippen LogP contribution in [0.2, 0.25) is 0 Å². The van der Waals surface area contributed by atoms with E-state index in [1.807, 2.05) is 30.3 Å². The second-order valence-electron chi connectivity index (χ2n) is 6.91. The number of hydrogen-bond acceptors (Lipinski definition) is 5. The largest absolute Gasteiger partial charge is 0.419 e. The highest BCUT2D eigenvalue weighted by molar-refractivity contribution is 5.51. The Hall–Kier alpha value is -2.50. The van der Waals surface area contributed by atoms with E-state index in [0.717, 1.165) is 44.8 Å². The molecule has 5 nitrogen and oxygen atoms in total. The number of benzene rings is 2. The summed E-state index contributed by atoms with van der Waals surface area (Å²) in [5.41, 5.74) is 3.68. The Balaban J connectivity index is 1.29. The first-order valence-corrected chi connectivity index (χ1v) is 9.14. The Kier molecular flexibility index (Phi) is 5.09. The van der Waals surface area contributed by atoms with E-state index in [-0.39, 0.29) is 0 Å². The predicted molar refractivity (Wildman–Crippen MR) is 101 cm³/mol. The Bertz CT molecular complexity index is 838. The van der Waals surface area contributed by atoms with Gasteiger partial charge in [-0.05, 0) is 24.6 Å². The lowest BCUT2D eigenvalue weighted by Gasteiger charge is -2.34. The summed E-state index contributed by atoms with van der Waals surface area (Å²) in [6.07, 6.45) is 0. The van der Waals surface area contributed by atoms with Gasteiger partial charge in [-0.2, -0.15) is 0 Å². The number of aromatic nitrogens is 2. The predicted octanol–water partition coefficient (Wildman–Crippen LogP) is 3.36. The summed E-state index contributed by atoms with van der Waals surface area (Å²) in [4.78, 5) is 4.89. The first-order valence-electron chi connectivity index (χ1n) is 9.14. The molecule has 1 fully saturated rings. The molecule has 0 atom stereocenters. The second-order valence-corrected chi connectivity index (χ2v) is 6.91. The van der Waals surface area contributed by atoms with Crippen LogP contribution < -0.4 is 0 Å². The van der Waals surface area contributed by atoms with Gasteiger partial charge in [0.15, 0.2) is 0 Å². The van der Waals surface area contributed by atoms with Gasteiger partial charge in [0, 0.05) is 38.3 Å². The van der Waals surface area contributed by atoms with Crippen molar-refractivity contribution in [3.8, 4) is 11.5 Å². The number of aryl methyl sites for hydroxylation is 1. The molecule has 3 aromatic rings. The summed E-state index contributed by atoms with van der Waals surface area (Å²) in [6, 6.07) is 18.7. The minimum absolute atomic E-state index is 0.596. The number of nitrogens with zero attached hydrogens (tertiary/aromatic N) is 4. The van der Waals surface area contributed by atoms with Gasteiger partial charge >= 0.3 is 0 Å². The molecule has 2 aromatic carbocycles. The van der Waals surface area contributed by atoms with Crippen LogP contribution in [-0.2, 0) is 13.1 Å². The number of rotatable bonds is 5. The van der Waals surface area contributed by atoms with Gasteiger partial charge in [-0.15, -0.1) is 10.2 Å². The van der Waals surface area contributed by atoms with Crippen molar-refractivity contribution < 1.29 is 4.42 Å². The van der Waals surface area contributed by atoms with Crippen molar-refractivity contribution in [1.29, 1.82) is 0 Å². The molecule has 4 rings (SSSR count). The Morgan fingerprint density at radius 3 is 2.31 bits per heavy atom. The smallest absolute Gasteiger partial charge is 0.247 e. The zero-order valence-corrected chi connectivity index (χ0v) is 15.1. The van der Waals surface area contributed by atoms with E-state index in [2.05, 4.69) is 51.2 Å². The summed E-state index contributed by atoms with van der Waals surface area (Å²) >= 11 is 0. The lowest BCUT2D eigenvalue weighted by molar-refractivity contribution is 0.114. The van der Waals surface area contributed by atoms with E-state index in [1.165, 1.54) is 11.1 Å². The second kappa shape index (κ2) is 7.81. The average molecular weight is 348 g/mol. The molecule has 26 heavy (non-hydrogen) atoms. The summed E-state index contributed by atoms with van der Waals surface area (Å²) < 4.78 is 5.83. The first-order chi connectivity index (χ1) is 12.8. The normalized spacial score (nSPS) is 16.0. The van der Waals surface area contributed by atoms with Crippen LogP contribution in [0.1, 0.15) is 17.0 Å². The van der Waals surface area contributed by atoms with Crippen LogP contribution in [0.3, 0.4) is 0 Å². The summed E-state index contributed by atoms with van der Waals surface area (Å²) in [7, 11) is 0. The average Bonchev–Trinajstić information content (AvgIpc) is 3.13. The van der Waals surface area contributed by atoms with Crippen LogP contribution in [0.4, 0.5) is 0 Å². The fourth-order valence-corrected chi connectivity index (χ4v) is 3.38. The monoisotopic (exact) mass is 348 g/mol. The molecule has 1 aromatic heterocycles. The molecule has 1 aliphatic rings. The molecular formula is C21H24N4O. The van der Waals surface area contributed by atoms with Crippen LogP contribution in [-0.4, -0.2) is 46.2 Å². The van der Waals surface area contributed by atoms with Crippen LogP contribution in [0.5, 0.6) is 0 Å². The van der Waals surface area contributed by atoms with Crippen molar-refractivity contribution in [3.05, 3.63) is 71.6 Å². The van der Waals surface area contributed by atoms with Gasteiger partial charge < -0.3 is 4.42 Å². The van der Waals surface area contributed by atoms with E-state index >= 15 is 0 Å². The minimum Gasteiger partial charge on any atom is -0.419 e. The topological polar surface area (TPSA) is 45.4 Å². The van der Waals surface area contributed by atoms with E-state index in [9.17, 15) is 0 Å². The van der Waals surface area contributed by atoms with Crippen molar-refractivity contribution in [2.24, 2.45) is 0 Å². The van der Waals surface area contributed by atoms with Gasteiger partial charge in [0.2, 0.25) is 11.8 Å². The molecule has 0 bridgehead atoms. The van der Waals surface area contributed by atoms with Crippen molar-refractivity contribution in [1.82, 2.24) is 20.0 Å². The summed E-state index contributed by atoms with van der Waals surface area (Å²) in [6.45, 7) is 8.06. The van der Waals surface area contributed by atoms with Gasteiger partial charge in [0.1, 0.15) is 0 Å². The van der Waals surface area contributed by atoms with Crippen LogP contribution >= 0.6 is 0 Å². The molecule has 1 saturated heterocycles. The van der Waals surface area contributed by atoms with Crippen LogP contribution in [0.15, 0.2) is 59.0 Å². The third kappa shape index (κ3) is 4.18. The molecule has 0 radical (unpaired) electrons. The van der Waals surface area contributed by atoms with Gasteiger partial charge in [0.05, 0.1) is 6.54 Å². The molecule has 0 N–H and O–H groups in total. The SMILES string of the molecule is Cc1cccc(CN2CCN(Cc3nnc(-c4ccccc4)o3)CC2)c1. The fraction of sp³-hybridized carbons (Fsp3) is 0.333. The van der Waals surface area contributed by atoms with Gasteiger partial charge in [-0.3, -0.25) is 9.80 Å². The lowest BCUT2D eigenvalue weighted by Crippen LogP contribution is -2.45. The Morgan fingerprint density at radius 2 is 1.58 bits per heavy atom. The third-order valence-electron chi connectivity index (χ3n) is 4.80. The van der Waals surface area contributed by atoms with E-state index < -0.39 is 0 Å². The lowest BCUT2D eigenvalue weighted by atomic mass is 10.1. The number of hydrogen-bond donors (Lipinski definition) is 0. The standard InChI is InChI=1S/C21H24N4O/c1-17-6-5-7-18(14-17)15-24-10-12-25(13-11-24)16-20-22-23-21(26-20)19-8-3-2-4-9-19/h2-9,14H,10-13,15-16H2,1H3. The van der Waals surface area contributed by atoms with Gasteiger partial charge in [-0.1, -0.05) is 48.0 Å². The fourth-order valence-electron chi connectivity index (χ4n) is 3.38. The summed E-state index contributed by atoms with van der Waals surface area (Å²) in [5.74, 6) is 1.29. The maximum atomic E-state index is 5.83. The molecule has 0 amide bonds. The maximum absolute atomic E-state index is 5.83. The van der Waals surface area contributed by atoms with Gasteiger partial charge in [-0.25, -0.2) is 0 Å². The van der Waals surface area contributed by atoms with E-state index in [1.54, 1.807) is 0 Å². The van der Waals surface area contributed by atoms with Gasteiger partial charge in [0.25, 0.3) is 0 Å².